The highest BCUT2D eigenvalue weighted by Gasteiger charge is 2.20. The molecule has 12 aromatic rings. The Morgan fingerprint density at radius 3 is 1.26 bits per heavy atom. The maximum absolute atomic E-state index is 5.32. The molecule has 0 bridgehead atoms. The minimum atomic E-state index is 0.649. The summed E-state index contributed by atoms with van der Waals surface area (Å²) in [5.74, 6) is 1.99. The summed E-state index contributed by atoms with van der Waals surface area (Å²) in [5, 5.41) is 7.43. The smallest absolute Gasteiger partial charge is 0.164 e. The van der Waals surface area contributed by atoms with Crippen molar-refractivity contribution in [2.75, 3.05) is 0 Å². The van der Waals surface area contributed by atoms with E-state index in [1.165, 1.54) is 71.6 Å². The van der Waals surface area contributed by atoms with Crippen molar-refractivity contribution in [2.45, 2.75) is 0 Å². The molecule has 4 aromatic heterocycles. The summed E-state index contributed by atoms with van der Waals surface area (Å²) in [7, 11) is 0. The number of hydrogen-bond acceptors (Lipinski definition) is 6. The molecular formula is C51H29N3S3. The predicted octanol–water partition coefficient (Wildman–Crippen LogP) is 15.3. The summed E-state index contributed by atoms with van der Waals surface area (Å²) in [6.07, 6.45) is 0. The summed E-state index contributed by atoms with van der Waals surface area (Å²) in [6, 6.07) is 63.2. The van der Waals surface area contributed by atoms with Gasteiger partial charge in [-0.05, 0) is 70.8 Å². The fourth-order valence-electron chi connectivity index (χ4n) is 8.29. The van der Waals surface area contributed by atoms with E-state index in [1.807, 2.05) is 34.0 Å². The molecule has 0 saturated carbocycles. The molecule has 0 amide bonds. The summed E-state index contributed by atoms with van der Waals surface area (Å²) < 4.78 is 7.57. The Morgan fingerprint density at radius 2 is 0.667 bits per heavy atom. The monoisotopic (exact) mass is 779 g/mol. The first-order valence-corrected chi connectivity index (χ1v) is 21.4. The van der Waals surface area contributed by atoms with Gasteiger partial charge in [0, 0.05) is 77.2 Å². The molecule has 0 aliphatic carbocycles. The number of benzene rings is 8. The van der Waals surface area contributed by atoms with E-state index in [1.54, 1.807) is 0 Å². The van der Waals surface area contributed by atoms with Gasteiger partial charge in [-0.25, -0.2) is 15.0 Å². The summed E-state index contributed by atoms with van der Waals surface area (Å²) in [4.78, 5) is 15.9. The Labute approximate surface area is 339 Å². The van der Waals surface area contributed by atoms with Crippen molar-refractivity contribution in [1.82, 2.24) is 15.0 Å². The van der Waals surface area contributed by atoms with Crippen LogP contribution in [0, 0.1) is 0 Å². The maximum atomic E-state index is 5.32. The highest BCUT2D eigenvalue weighted by Crippen LogP contribution is 2.43. The Balaban J connectivity index is 1.02. The van der Waals surface area contributed by atoms with Crippen LogP contribution < -0.4 is 0 Å². The first-order chi connectivity index (χ1) is 28.2. The van der Waals surface area contributed by atoms with Gasteiger partial charge in [0.1, 0.15) is 0 Å². The topological polar surface area (TPSA) is 38.7 Å². The third-order valence-electron chi connectivity index (χ3n) is 11.0. The molecule has 0 spiro atoms. The Kier molecular flexibility index (Phi) is 7.45. The van der Waals surface area contributed by atoms with Crippen LogP contribution in [-0.4, -0.2) is 15.0 Å². The van der Waals surface area contributed by atoms with E-state index >= 15 is 0 Å². The molecule has 0 fully saturated rings. The van der Waals surface area contributed by atoms with E-state index in [0.29, 0.717) is 17.5 Å². The molecule has 0 saturated heterocycles. The molecule has 12 rings (SSSR count). The average Bonchev–Trinajstić information content (AvgIpc) is 3.97. The molecule has 4 heterocycles. The molecule has 6 heteroatoms. The fraction of sp³-hybridized carbons (Fsp3) is 0. The van der Waals surface area contributed by atoms with Gasteiger partial charge in [-0.15, -0.1) is 34.0 Å². The summed E-state index contributed by atoms with van der Waals surface area (Å²) >= 11 is 5.47. The zero-order valence-electron chi connectivity index (χ0n) is 30.3. The molecular weight excluding hydrogens is 751 g/mol. The van der Waals surface area contributed by atoms with Gasteiger partial charge in [-0.3, -0.25) is 0 Å². The van der Waals surface area contributed by atoms with Gasteiger partial charge in [0.05, 0.1) is 0 Å². The van der Waals surface area contributed by atoms with Crippen molar-refractivity contribution in [2.24, 2.45) is 0 Å². The molecule has 3 nitrogen and oxygen atoms in total. The van der Waals surface area contributed by atoms with Crippen LogP contribution in [0.3, 0.4) is 0 Å². The zero-order valence-corrected chi connectivity index (χ0v) is 32.8. The molecule has 0 unspecified atom stereocenters. The zero-order chi connectivity index (χ0) is 37.5. The van der Waals surface area contributed by atoms with Crippen LogP contribution in [0.5, 0.6) is 0 Å². The van der Waals surface area contributed by atoms with Crippen LogP contribution in [0.2, 0.25) is 0 Å². The minimum Gasteiger partial charge on any atom is -0.208 e. The SMILES string of the molecule is c1cc(-c2cccc(-c3nc(-c4cccc5sc6ccccc6c45)nc(-c4cccc5sc6ccccc6c45)n3)c2)cc(-c2ccc3c(c2)sc2ccccc23)c1. The molecule has 0 radical (unpaired) electrons. The summed E-state index contributed by atoms with van der Waals surface area (Å²) in [5.41, 5.74) is 7.62. The van der Waals surface area contributed by atoms with Crippen LogP contribution >= 0.6 is 34.0 Å². The van der Waals surface area contributed by atoms with E-state index in [-0.39, 0.29) is 0 Å². The normalized spacial score (nSPS) is 11.9. The van der Waals surface area contributed by atoms with Crippen LogP contribution in [0.4, 0.5) is 0 Å². The van der Waals surface area contributed by atoms with Gasteiger partial charge in [0.25, 0.3) is 0 Å². The standard InChI is InChI=1S/C51H29N3S3/c1-4-20-41-35(15-1)36-26-25-33(29-46(36)57-41)31-12-7-11-30(27-31)32-13-8-14-34(28-32)49-52-50(39-18-9-23-44-47(39)37-16-2-5-21-42(37)55-44)54-51(53-49)40-19-10-24-45-48(40)38-17-3-6-22-43(38)56-45/h1-29H. The highest BCUT2D eigenvalue weighted by molar-refractivity contribution is 7.26. The lowest BCUT2D eigenvalue weighted by molar-refractivity contribution is 1.08. The van der Waals surface area contributed by atoms with Gasteiger partial charge >= 0.3 is 0 Å². The lowest BCUT2D eigenvalue weighted by Gasteiger charge is -2.12. The predicted molar refractivity (Wildman–Crippen MR) is 246 cm³/mol. The quantitative estimate of drug-likeness (QED) is 0.175. The van der Waals surface area contributed by atoms with Crippen LogP contribution in [0.15, 0.2) is 176 Å². The third kappa shape index (κ3) is 5.41. The van der Waals surface area contributed by atoms with Gasteiger partial charge < -0.3 is 0 Å². The van der Waals surface area contributed by atoms with Gasteiger partial charge in [-0.2, -0.15) is 0 Å². The van der Waals surface area contributed by atoms with Crippen LogP contribution in [0.25, 0.3) is 117 Å². The first kappa shape index (κ1) is 32.7. The molecule has 0 atom stereocenters. The lowest BCUT2D eigenvalue weighted by atomic mass is 9.97. The van der Waals surface area contributed by atoms with Crippen molar-refractivity contribution in [3.8, 4) is 56.4 Å². The molecule has 0 aliphatic rings. The van der Waals surface area contributed by atoms with Gasteiger partial charge in [-0.1, -0.05) is 127 Å². The number of aromatic nitrogens is 3. The van der Waals surface area contributed by atoms with Crippen LogP contribution in [-0.2, 0) is 0 Å². The first-order valence-electron chi connectivity index (χ1n) is 18.9. The van der Waals surface area contributed by atoms with Crippen molar-refractivity contribution in [3.63, 3.8) is 0 Å². The minimum absolute atomic E-state index is 0.649. The van der Waals surface area contributed by atoms with E-state index in [0.717, 1.165) is 27.8 Å². The second-order valence-electron chi connectivity index (χ2n) is 14.3. The number of hydrogen-bond donors (Lipinski definition) is 0. The average molecular weight is 780 g/mol. The molecule has 0 aliphatic heterocycles. The Hall–Kier alpha value is -6.57. The number of rotatable bonds is 5. The number of fused-ring (bicyclic) bond motifs is 9. The molecule has 57 heavy (non-hydrogen) atoms. The fourth-order valence-corrected chi connectivity index (χ4v) is 11.7. The summed E-state index contributed by atoms with van der Waals surface area (Å²) in [6.45, 7) is 0. The molecule has 266 valence electrons. The van der Waals surface area contributed by atoms with Crippen molar-refractivity contribution in [3.05, 3.63) is 176 Å². The lowest BCUT2D eigenvalue weighted by Crippen LogP contribution is -2.01. The van der Waals surface area contributed by atoms with Crippen molar-refractivity contribution < 1.29 is 0 Å². The van der Waals surface area contributed by atoms with E-state index in [2.05, 4.69) is 176 Å². The van der Waals surface area contributed by atoms with Gasteiger partial charge in [0.15, 0.2) is 17.5 Å². The molecule has 8 aromatic carbocycles. The number of thiophene rings is 3. The second kappa shape index (κ2) is 13.0. The van der Waals surface area contributed by atoms with E-state index in [9.17, 15) is 0 Å². The van der Waals surface area contributed by atoms with E-state index in [4.69, 9.17) is 15.0 Å². The van der Waals surface area contributed by atoms with Crippen molar-refractivity contribution >= 4 is 94.5 Å². The largest absolute Gasteiger partial charge is 0.208 e. The third-order valence-corrected chi connectivity index (χ3v) is 14.4. The second-order valence-corrected chi connectivity index (χ2v) is 17.6. The highest BCUT2D eigenvalue weighted by atomic mass is 32.1. The van der Waals surface area contributed by atoms with E-state index < -0.39 is 0 Å². The maximum Gasteiger partial charge on any atom is 0.164 e. The van der Waals surface area contributed by atoms with Gasteiger partial charge in [0.2, 0.25) is 0 Å². The number of nitrogens with zero attached hydrogens (tertiary/aromatic N) is 3. The molecule has 0 N–H and O–H groups in total. The van der Waals surface area contributed by atoms with Crippen molar-refractivity contribution in [1.29, 1.82) is 0 Å². The Morgan fingerprint density at radius 1 is 0.263 bits per heavy atom. The van der Waals surface area contributed by atoms with Crippen LogP contribution in [0.1, 0.15) is 0 Å². The Bertz CT molecular complexity index is 3420.